The summed E-state index contributed by atoms with van der Waals surface area (Å²) in [6, 6.07) is 0.399. The number of ether oxygens (including phenoxy) is 1. The zero-order valence-electron chi connectivity index (χ0n) is 8.67. The predicted octanol–water partition coefficient (Wildman–Crippen LogP) is 0.836. The molecule has 0 aliphatic carbocycles. The number of likely N-dealkylation sites (tertiary alicyclic amines) is 1. The third kappa shape index (κ3) is 4.60. The minimum atomic E-state index is 0.399. The second-order valence-corrected chi connectivity index (χ2v) is 3.82. The van der Waals surface area contributed by atoms with Crippen molar-refractivity contribution >= 4 is 0 Å². The van der Waals surface area contributed by atoms with Gasteiger partial charge in [0.25, 0.3) is 0 Å². The Labute approximate surface area is 81.2 Å². The number of hydrogen-bond acceptors (Lipinski definition) is 3. The van der Waals surface area contributed by atoms with Gasteiger partial charge in [-0.2, -0.15) is 0 Å². The van der Waals surface area contributed by atoms with Crippen molar-refractivity contribution in [3.63, 3.8) is 0 Å². The third-order valence-electron chi connectivity index (χ3n) is 2.50. The van der Waals surface area contributed by atoms with E-state index in [1.165, 1.54) is 12.8 Å². The maximum absolute atomic E-state index is 5.79. The lowest BCUT2D eigenvalue weighted by Gasteiger charge is -2.14. The van der Waals surface area contributed by atoms with E-state index in [1.54, 1.807) is 0 Å². The molecule has 1 aliphatic heterocycles. The summed E-state index contributed by atoms with van der Waals surface area (Å²) in [6.45, 7) is 7.22. The summed E-state index contributed by atoms with van der Waals surface area (Å²) in [5.41, 5.74) is 5.79. The quantitative estimate of drug-likeness (QED) is 0.625. The highest BCUT2D eigenvalue weighted by atomic mass is 16.5. The van der Waals surface area contributed by atoms with Gasteiger partial charge < -0.3 is 10.5 Å². The van der Waals surface area contributed by atoms with E-state index < -0.39 is 0 Å². The average Bonchev–Trinajstić information content (AvgIpc) is 2.51. The van der Waals surface area contributed by atoms with Crippen LogP contribution in [0, 0.1) is 0 Å². The first kappa shape index (κ1) is 11.0. The second-order valence-electron chi connectivity index (χ2n) is 3.82. The minimum absolute atomic E-state index is 0.399. The summed E-state index contributed by atoms with van der Waals surface area (Å²) in [5, 5.41) is 0. The Kier molecular flexibility index (Phi) is 5.35. The molecule has 3 heteroatoms. The van der Waals surface area contributed by atoms with Crippen LogP contribution in [-0.2, 0) is 4.74 Å². The fourth-order valence-corrected chi connectivity index (χ4v) is 1.61. The van der Waals surface area contributed by atoms with E-state index in [-0.39, 0.29) is 0 Å². The number of unbranched alkanes of at least 4 members (excludes halogenated alkanes) is 1. The molecule has 0 spiro atoms. The molecule has 0 aromatic heterocycles. The number of hydrogen-bond donors (Lipinski definition) is 1. The van der Waals surface area contributed by atoms with Crippen molar-refractivity contribution in [3.8, 4) is 0 Å². The second kappa shape index (κ2) is 6.35. The molecule has 1 heterocycles. The molecule has 1 fully saturated rings. The summed E-state index contributed by atoms with van der Waals surface area (Å²) in [5.74, 6) is 0. The molecule has 0 amide bonds. The molecule has 0 aromatic carbocycles. The topological polar surface area (TPSA) is 38.5 Å². The van der Waals surface area contributed by atoms with Crippen molar-refractivity contribution in [2.24, 2.45) is 5.73 Å². The van der Waals surface area contributed by atoms with Crippen LogP contribution in [0.2, 0.25) is 0 Å². The van der Waals surface area contributed by atoms with E-state index in [4.69, 9.17) is 10.5 Å². The van der Waals surface area contributed by atoms with Crippen molar-refractivity contribution < 1.29 is 4.74 Å². The molecule has 13 heavy (non-hydrogen) atoms. The van der Waals surface area contributed by atoms with E-state index in [0.29, 0.717) is 6.04 Å². The van der Waals surface area contributed by atoms with Crippen LogP contribution in [0.4, 0.5) is 0 Å². The minimum Gasteiger partial charge on any atom is -0.380 e. The Hall–Kier alpha value is -0.120. The SMILES string of the molecule is CCCCOCCN1CCC(N)C1. The van der Waals surface area contributed by atoms with Crippen LogP contribution in [0.1, 0.15) is 26.2 Å². The first-order valence-corrected chi connectivity index (χ1v) is 5.38. The summed E-state index contributed by atoms with van der Waals surface area (Å²) in [6.07, 6.45) is 3.54. The Balaban J connectivity index is 1.88. The van der Waals surface area contributed by atoms with Crippen LogP contribution >= 0.6 is 0 Å². The van der Waals surface area contributed by atoms with E-state index >= 15 is 0 Å². The lowest BCUT2D eigenvalue weighted by Crippen LogP contribution is -2.29. The predicted molar refractivity (Wildman–Crippen MR) is 54.8 cm³/mol. The van der Waals surface area contributed by atoms with Gasteiger partial charge in [0.2, 0.25) is 0 Å². The lowest BCUT2D eigenvalue weighted by atomic mass is 10.3. The van der Waals surface area contributed by atoms with Crippen LogP contribution in [0.3, 0.4) is 0 Å². The van der Waals surface area contributed by atoms with E-state index in [9.17, 15) is 0 Å². The molecule has 0 bridgehead atoms. The van der Waals surface area contributed by atoms with E-state index in [0.717, 1.165) is 39.3 Å². The van der Waals surface area contributed by atoms with Gasteiger partial charge in [0.1, 0.15) is 0 Å². The highest BCUT2D eigenvalue weighted by Crippen LogP contribution is 2.05. The zero-order chi connectivity index (χ0) is 9.52. The van der Waals surface area contributed by atoms with Gasteiger partial charge in [-0.15, -0.1) is 0 Å². The third-order valence-corrected chi connectivity index (χ3v) is 2.50. The molecule has 1 saturated heterocycles. The molecule has 0 saturated carbocycles. The first-order chi connectivity index (χ1) is 6.33. The highest BCUT2D eigenvalue weighted by molar-refractivity contribution is 4.77. The fraction of sp³-hybridized carbons (Fsp3) is 1.00. The molecule has 3 nitrogen and oxygen atoms in total. The van der Waals surface area contributed by atoms with Crippen LogP contribution < -0.4 is 5.73 Å². The molecule has 1 atom stereocenters. The van der Waals surface area contributed by atoms with Crippen molar-refractivity contribution in [2.45, 2.75) is 32.2 Å². The van der Waals surface area contributed by atoms with Crippen LogP contribution in [-0.4, -0.2) is 43.8 Å². The van der Waals surface area contributed by atoms with Crippen LogP contribution in [0.5, 0.6) is 0 Å². The summed E-state index contributed by atoms with van der Waals surface area (Å²) < 4.78 is 5.49. The largest absolute Gasteiger partial charge is 0.380 e. The normalized spacial score (nSPS) is 24.0. The molecule has 0 aromatic rings. The average molecular weight is 186 g/mol. The van der Waals surface area contributed by atoms with Crippen LogP contribution in [0.15, 0.2) is 0 Å². The first-order valence-electron chi connectivity index (χ1n) is 5.38. The summed E-state index contributed by atoms with van der Waals surface area (Å²) >= 11 is 0. The van der Waals surface area contributed by atoms with Gasteiger partial charge in [0.05, 0.1) is 6.61 Å². The fourth-order valence-electron chi connectivity index (χ4n) is 1.61. The smallest absolute Gasteiger partial charge is 0.0593 e. The maximum Gasteiger partial charge on any atom is 0.0593 e. The molecule has 1 rings (SSSR count). The monoisotopic (exact) mass is 186 g/mol. The lowest BCUT2D eigenvalue weighted by molar-refractivity contribution is 0.108. The van der Waals surface area contributed by atoms with Crippen LogP contribution in [0.25, 0.3) is 0 Å². The molecule has 78 valence electrons. The molecular weight excluding hydrogens is 164 g/mol. The van der Waals surface area contributed by atoms with Crippen molar-refractivity contribution in [1.82, 2.24) is 4.90 Å². The summed E-state index contributed by atoms with van der Waals surface area (Å²) in [7, 11) is 0. The van der Waals surface area contributed by atoms with Gasteiger partial charge in [-0.3, -0.25) is 4.90 Å². The molecule has 1 unspecified atom stereocenters. The van der Waals surface area contributed by atoms with Gasteiger partial charge in [-0.1, -0.05) is 13.3 Å². The van der Waals surface area contributed by atoms with Gasteiger partial charge in [-0.25, -0.2) is 0 Å². The van der Waals surface area contributed by atoms with Gasteiger partial charge in [0.15, 0.2) is 0 Å². The molecule has 1 aliphatic rings. The Bertz CT molecular complexity index is 130. The highest BCUT2D eigenvalue weighted by Gasteiger charge is 2.17. The number of nitrogens with two attached hydrogens (primary N) is 1. The Morgan fingerprint density at radius 3 is 2.92 bits per heavy atom. The molecular formula is C10H22N2O. The van der Waals surface area contributed by atoms with E-state index in [1.807, 2.05) is 0 Å². The Morgan fingerprint density at radius 1 is 1.46 bits per heavy atom. The molecule has 2 N–H and O–H groups in total. The maximum atomic E-state index is 5.79. The Morgan fingerprint density at radius 2 is 2.31 bits per heavy atom. The van der Waals surface area contributed by atoms with E-state index in [2.05, 4.69) is 11.8 Å². The van der Waals surface area contributed by atoms with Crippen molar-refractivity contribution in [2.75, 3.05) is 32.8 Å². The standard InChI is InChI=1S/C10H22N2O/c1-2-3-7-13-8-6-12-5-4-10(11)9-12/h10H,2-9,11H2,1H3. The zero-order valence-corrected chi connectivity index (χ0v) is 8.67. The van der Waals surface area contributed by atoms with Gasteiger partial charge in [0, 0.05) is 25.7 Å². The van der Waals surface area contributed by atoms with Crippen molar-refractivity contribution in [3.05, 3.63) is 0 Å². The molecule has 0 radical (unpaired) electrons. The van der Waals surface area contributed by atoms with Gasteiger partial charge in [-0.05, 0) is 19.4 Å². The summed E-state index contributed by atoms with van der Waals surface area (Å²) in [4.78, 5) is 2.39. The number of nitrogens with zero attached hydrogens (tertiary/aromatic N) is 1. The van der Waals surface area contributed by atoms with Crippen molar-refractivity contribution in [1.29, 1.82) is 0 Å². The number of rotatable bonds is 6. The van der Waals surface area contributed by atoms with Gasteiger partial charge >= 0.3 is 0 Å².